The van der Waals surface area contributed by atoms with Crippen LogP contribution in [0.15, 0.2) is 18.2 Å². The number of nitrogens with zero attached hydrogens (tertiary/aromatic N) is 1. The summed E-state index contributed by atoms with van der Waals surface area (Å²) in [6, 6.07) is 4.08. The van der Waals surface area contributed by atoms with Gasteiger partial charge in [-0.05, 0) is 24.5 Å². The molecule has 2 rings (SSSR count). The van der Waals surface area contributed by atoms with E-state index >= 15 is 0 Å². The van der Waals surface area contributed by atoms with Crippen LogP contribution in [0.2, 0.25) is 0 Å². The maximum absolute atomic E-state index is 13.7. The number of benzene rings is 1. The molecule has 0 bridgehead atoms. The van der Waals surface area contributed by atoms with Gasteiger partial charge in [-0.25, -0.2) is 9.18 Å². The third-order valence-corrected chi connectivity index (χ3v) is 3.67. The molecule has 0 saturated carbocycles. The first kappa shape index (κ1) is 14.3. The number of hydrogen-bond donors (Lipinski definition) is 2. The van der Waals surface area contributed by atoms with Crippen LogP contribution in [0.3, 0.4) is 0 Å². The number of hydrogen-bond acceptors (Lipinski definition) is 2. The fraction of sp³-hybridized carbons (Fsp3) is 0.429. The molecule has 2 atom stereocenters. The molecule has 108 valence electrons. The van der Waals surface area contributed by atoms with E-state index in [2.05, 4.69) is 5.32 Å². The first-order chi connectivity index (χ1) is 9.40. The summed E-state index contributed by atoms with van der Waals surface area (Å²) in [5, 5.41) is 11.6. The number of anilines is 1. The van der Waals surface area contributed by atoms with E-state index in [4.69, 9.17) is 5.11 Å². The normalized spacial score (nSPS) is 21.9. The number of carboxylic acids is 1. The van der Waals surface area contributed by atoms with E-state index < -0.39 is 23.7 Å². The Morgan fingerprint density at radius 3 is 2.65 bits per heavy atom. The summed E-state index contributed by atoms with van der Waals surface area (Å²) < 4.78 is 13.7. The van der Waals surface area contributed by atoms with E-state index in [1.165, 1.54) is 11.0 Å². The molecule has 6 heteroatoms. The summed E-state index contributed by atoms with van der Waals surface area (Å²) in [7, 11) is 0. The number of carbonyl (C=O) groups excluding carboxylic acids is 1. The van der Waals surface area contributed by atoms with Crippen molar-refractivity contribution in [2.24, 2.45) is 11.8 Å². The van der Waals surface area contributed by atoms with Gasteiger partial charge in [0.2, 0.25) is 0 Å². The predicted molar refractivity (Wildman–Crippen MR) is 72.0 cm³/mol. The molecule has 1 aliphatic rings. The molecule has 1 aromatic rings. The van der Waals surface area contributed by atoms with Crippen LogP contribution >= 0.6 is 0 Å². The SMILES string of the molecule is Cc1cccc(F)c1NC(=O)N1C[C@@H](C)[C@H](C(=O)O)C1. The Hall–Kier alpha value is -2.11. The minimum Gasteiger partial charge on any atom is -0.481 e. The molecule has 1 aromatic carbocycles. The Labute approximate surface area is 116 Å². The number of likely N-dealkylation sites (tertiary alicyclic amines) is 1. The van der Waals surface area contributed by atoms with Crippen molar-refractivity contribution in [3.63, 3.8) is 0 Å². The lowest BCUT2D eigenvalue weighted by Crippen LogP contribution is -2.34. The summed E-state index contributed by atoms with van der Waals surface area (Å²) in [6.07, 6.45) is 0. The number of carbonyl (C=O) groups is 2. The molecule has 0 aliphatic carbocycles. The number of carboxylic acid groups (broad SMARTS) is 1. The minimum absolute atomic E-state index is 0.111. The molecule has 1 saturated heterocycles. The summed E-state index contributed by atoms with van der Waals surface area (Å²) >= 11 is 0. The van der Waals surface area contributed by atoms with Gasteiger partial charge in [0.1, 0.15) is 5.82 Å². The second kappa shape index (κ2) is 5.48. The van der Waals surface area contributed by atoms with Gasteiger partial charge in [0.25, 0.3) is 0 Å². The van der Waals surface area contributed by atoms with Gasteiger partial charge in [-0.2, -0.15) is 0 Å². The molecule has 0 aromatic heterocycles. The molecule has 1 aliphatic heterocycles. The number of aliphatic carboxylic acids is 1. The maximum atomic E-state index is 13.7. The van der Waals surface area contributed by atoms with Gasteiger partial charge in [0.05, 0.1) is 11.6 Å². The molecule has 0 unspecified atom stereocenters. The molecular formula is C14H17FN2O3. The molecule has 1 heterocycles. The average Bonchev–Trinajstić information content (AvgIpc) is 2.76. The summed E-state index contributed by atoms with van der Waals surface area (Å²) in [5.74, 6) is -2.09. The third-order valence-electron chi connectivity index (χ3n) is 3.67. The van der Waals surface area contributed by atoms with Gasteiger partial charge >= 0.3 is 12.0 Å². The molecule has 0 radical (unpaired) electrons. The van der Waals surface area contributed by atoms with Crippen LogP contribution < -0.4 is 5.32 Å². The van der Waals surface area contributed by atoms with Gasteiger partial charge in [0, 0.05) is 13.1 Å². The Bertz CT molecular complexity index is 527. The van der Waals surface area contributed by atoms with E-state index in [9.17, 15) is 14.0 Å². The molecule has 2 amide bonds. The highest BCUT2D eigenvalue weighted by molar-refractivity contribution is 5.91. The molecule has 20 heavy (non-hydrogen) atoms. The van der Waals surface area contributed by atoms with Crippen molar-refractivity contribution in [1.29, 1.82) is 0 Å². The molecule has 2 N–H and O–H groups in total. The van der Waals surface area contributed by atoms with Crippen LogP contribution in [0.25, 0.3) is 0 Å². The predicted octanol–water partition coefficient (Wildman–Crippen LogP) is 2.32. The lowest BCUT2D eigenvalue weighted by atomic mass is 9.99. The number of rotatable bonds is 2. The Morgan fingerprint density at radius 1 is 1.40 bits per heavy atom. The van der Waals surface area contributed by atoms with Gasteiger partial charge in [0.15, 0.2) is 0 Å². The van der Waals surface area contributed by atoms with E-state index in [1.807, 2.05) is 0 Å². The first-order valence-corrected chi connectivity index (χ1v) is 6.44. The molecule has 5 nitrogen and oxygen atoms in total. The van der Waals surface area contributed by atoms with Crippen LogP contribution in [-0.4, -0.2) is 35.1 Å². The van der Waals surface area contributed by atoms with Crippen LogP contribution in [0.4, 0.5) is 14.9 Å². The lowest BCUT2D eigenvalue weighted by Gasteiger charge is -2.18. The molecule has 1 fully saturated rings. The van der Waals surface area contributed by atoms with Crippen LogP contribution in [0.1, 0.15) is 12.5 Å². The minimum atomic E-state index is -0.908. The average molecular weight is 280 g/mol. The number of aryl methyl sites for hydroxylation is 1. The topological polar surface area (TPSA) is 69.6 Å². The number of halogens is 1. The largest absolute Gasteiger partial charge is 0.481 e. The van der Waals surface area contributed by atoms with Gasteiger partial charge < -0.3 is 15.3 Å². The van der Waals surface area contributed by atoms with Gasteiger partial charge in [-0.3, -0.25) is 4.79 Å². The van der Waals surface area contributed by atoms with E-state index in [-0.39, 0.29) is 18.2 Å². The highest BCUT2D eigenvalue weighted by atomic mass is 19.1. The zero-order valence-corrected chi connectivity index (χ0v) is 11.4. The molecular weight excluding hydrogens is 263 g/mol. The quantitative estimate of drug-likeness (QED) is 0.873. The zero-order valence-electron chi connectivity index (χ0n) is 11.4. The van der Waals surface area contributed by atoms with Crippen molar-refractivity contribution in [1.82, 2.24) is 4.90 Å². The van der Waals surface area contributed by atoms with Crippen molar-refractivity contribution < 1.29 is 19.1 Å². The highest BCUT2D eigenvalue weighted by Crippen LogP contribution is 2.25. The second-order valence-electron chi connectivity index (χ2n) is 5.19. The van der Waals surface area contributed by atoms with E-state index in [0.717, 1.165) is 0 Å². The monoisotopic (exact) mass is 280 g/mol. The summed E-state index contributed by atoms with van der Waals surface area (Å²) in [6.45, 7) is 4.00. The smallest absolute Gasteiger partial charge is 0.321 e. The Balaban J connectivity index is 2.08. The maximum Gasteiger partial charge on any atom is 0.321 e. The Morgan fingerprint density at radius 2 is 2.10 bits per heavy atom. The van der Waals surface area contributed by atoms with Crippen LogP contribution in [0, 0.1) is 24.6 Å². The number of amides is 2. The number of urea groups is 1. The highest BCUT2D eigenvalue weighted by Gasteiger charge is 2.37. The van der Waals surface area contributed by atoms with Crippen LogP contribution in [0.5, 0.6) is 0 Å². The van der Waals surface area contributed by atoms with Crippen molar-refractivity contribution in [3.05, 3.63) is 29.6 Å². The lowest BCUT2D eigenvalue weighted by molar-refractivity contribution is -0.142. The number of nitrogens with one attached hydrogen (secondary N) is 1. The summed E-state index contributed by atoms with van der Waals surface area (Å²) in [4.78, 5) is 24.5. The van der Waals surface area contributed by atoms with Crippen molar-refractivity contribution in [2.45, 2.75) is 13.8 Å². The first-order valence-electron chi connectivity index (χ1n) is 6.44. The fourth-order valence-electron chi connectivity index (χ4n) is 2.43. The number of para-hydroxylation sites is 1. The van der Waals surface area contributed by atoms with Crippen molar-refractivity contribution in [3.8, 4) is 0 Å². The summed E-state index contributed by atoms with van der Waals surface area (Å²) in [5.41, 5.74) is 0.768. The Kier molecular flexibility index (Phi) is 3.92. The zero-order chi connectivity index (χ0) is 14.9. The second-order valence-corrected chi connectivity index (χ2v) is 5.19. The van der Waals surface area contributed by atoms with E-state index in [1.54, 1.807) is 26.0 Å². The van der Waals surface area contributed by atoms with E-state index in [0.29, 0.717) is 12.1 Å². The van der Waals surface area contributed by atoms with Crippen molar-refractivity contribution >= 4 is 17.7 Å². The van der Waals surface area contributed by atoms with Crippen molar-refractivity contribution in [2.75, 3.05) is 18.4 Å². The van der Waals surface area contributed by atoms with Gasteiger partial charge in [-0.1, -0.05) is 19.1 Å². The van der Waals surface area contributed by atoms with Gasteiger partial charge in [-0.15, -0.1) is 0 Å². The fourth-order valence-corrected chi connectivity index (χ4v) is 2.43. The third kappa shape index (κ3) is 2.74. The molecule has 0 spiro atoms. The van der Waals surface area contributed by atoms with Crippen LogP contribution in [-0.2, 0) is 4.79 Å². The standard InChI is InChI=1S/C14H17FN2O3/c1-8-4-3-5-11(15)12(8)16-14(20)17-6-9(2)10(7-17)13(18)19/h3-5,9-10H,6-7H2,1-2H3,(H,16,20)(H,18,19)/t9-,10-/m1/s1.